The molecule has 2 fully saturated rings. The van der Waals surface area contributed by atoms with Gasteiger partial charge in [-0.05, 0) is 12.5 Å². The van der Waals surface area contributed by atoms with Crippen molar-refractivity contribution in [3.8, 4) is 0 Å². The van der Waals surface area contributed by atoms with Gasteiger partial charge in [-0.3, -0.25) is 4.79 Å². The Kier molecular flexibility index (Phi) is 9.43. The SMILES string of the molecule is C=CC(OC1C(NC(C)=O)C(OCc2ccccc2)OC2COC(c3ccccc3)OC21)C(=O)OCC. The number of benzene rings is 2. The van der Waals surface area contributed by atoms with Gasteiger partial charge in [0.05, 0.1) is 19.8 Å². The van der Waals surface area contributed by atoms with E-state index < -0.39 is 49.0 Å². The minimum atomic E-state index is -1.09. The molecule has 7 unspecified atom stereocenters. The fraction of sp³-hybridized carbons (Fsp3) is 0.429. The number of fused-ring (bicyclic) bond motifs is 1. The first-order valence-electron chi connectivity index (χ1n) is 12.3. The predicted molar refractivity (Wildman–Crippen MR) is 133 cm³/mol. The Hall–Kier alpha value is -3.08. The van der Waals surface area contributed by atoms with Gasteiger partial charge in [-0.25, -0.2) is 4.79 Å². The second-order valence-corrected chi connectivity index (χ2v) is 8.75. The Balaban J connectivity index is 1.62. The molecule has 2 heterocycles. The van der Waals surface area contributed by atoms with Crippen molar-refractivity contribution in [2.75, 3.05) is 13.2 Å². The lowest BCUT2D eigenvalue weighted by Crippen LogP contribution is -2.68. The third-order valence-corrected chi connectivity index (χ3v) is 6.07. The summed E-state index contributed by atoms with van der Waals surface area (Å²) in [4.78, 5) is 24.8. The van der Waals surface area contributed by atoms with E-state index in [-0.39, 0.29) is 25.7 Å². The highest BCUT2D eigenvalue weighted by molar-refractivity contribution is 5.77. The van der Waals surface area contributed by atoms with Crippen molar-refractivity contribution in [3.63, 3.8) is 0 Å². The van der Waals surface area contributed by atoms with Gasteiger partial charge < -0.3 is 33.7 Å². The lowest BCUT2D eigenvalue weighted by Gasteiger charge is -2.49. The average Bonchev–Trinajstić information content (AvgIpc) is 2.92. The Morgan fingerprint density at radius 3 is 2.46 bits per heavy atom. The minimum Gasteiger partial charge on any atom is -0.464 e. The van der Waals surface area contributed by atoms with E-state index in [9.17, 15) is 9.59 Å². The summed E-state index contributed by atoms with van der Waals surface area (Å²) in [6.07, 6.45) is -3.42. The summed E-state index contributed by atoms with van der Waals surface area (Å²) in [5.41, 5.74) is 1.76. The molecule has 1 N–H and O–H groups in total. The van der Waals surface area contributed by atoms with Crippen LogP contribution in [0, 0.1) is 0 Å². The first kappa shape index (κ1) is 27.0. The van der Waals surface area contributed by atoms with Gasteiger partial charge in [-0.1, -0.05) is 73.3 Å². The third kappa shape index (κ3) is 6.82. The molecule has 2 aliphatic heterocycles. The van der Waals surface area contributed by atoms with Crippen LogP contribution in [0.1, 0.15) is 31.3 Å². The lowest BCUT2D eigenvalue weighted by atomic mass is 9.95. The molecular formula is C28H33NO8. The molecule has 2 aliphatic rings. The van der Waals surface area contributed by atoms with Crippen LogP contribution in [0.25, 0.3) is 0 Å². The van der Waals surface area contributed by atoms with Crippen molar-refractivity contribution in [3.05, 3.63) is 84.4 Å². The van der Waals surface area contributed by atoms with Crippen LogP contribution >= 0.6 is 0 Å². The smallest absolute Gasteiger partial charge is 0.339 e. The van der Waals surface area contributed by atoms with E-state index in [1.165, 1.54) is 13.0 Å². The molecule has 0 saturated carbocycles. The van der Waals surface area contributed by atoms with Crippen molar-refractivity contribution >= 4 is 11.9 Å². The molecule has 0 aliphatic carbocycles. The molecule has 0 bridgehead atoms. The van der Waals surface area contributed by atoms with Gasteiger partial charge in [0, 0.05) is 12.5 Å². The third-order valence-electron chi connectivity index (χ3n) is 6.07. The topological polar surface area (TPSA) is 102 Å². The molecule has 1 amide bonds. The van der Waals surface area contributed by atoms with Gasteiger partial charge in [0.2, 0.25) is 5.91 Å². The molecule has 2 saturated heterocycles. The summed E-state index contributed by atoms with van der Waals surface area (Å²) >= 11 is 0. The van der Waals surface area contributed by atoms with Crippen molar-refractivity contribution in [2.24, 2.45) is 0 Å². The number of amides is 1. The zero-order chi connectivity index (χ0) is 26.2. The summed E-state index contributed by atoms with van der Waals surface area (Å²) < 4.78 is 36.1. The second kappa shape index (κ2) is 12.9. The fourth-order valence-electron chi connectivity index (χ4n) is 4.40. The molecule has 0 spiro atoms. The summed E-state index contributed by atoms with van der Waals surface area (Å²) in [6, 6.07) is 18.3. The first-order chi connectivity index (χ1) is 18.0. The fourth-order valence-corrected chi connectivity index (χ4v) is 4.40. The first-order valence-corrected chi connectivity index (χ1v) is 12.3. The van der Waals surface area contributed by atoms with Crippen molar-refractivity contribution in [1.29, 1.82) is 0 Å². The number of nitrogens with one attached hydrogen (secondary N) is 1. The van der Waals surface area contributed by atoms with Gasteiger partial charge >= 0.3 is 5.97 Å². The second-order valence-electron chi connectivity index (χ2n) is 8.75. The van der Waals surface area contributed by atoms with Gasteiger partial charge in [0.15, 0.2) is 18.7 Å². The molecule has 0 aromatic heterocycles. The number of rotatable bonds is 10. The number of esters is 1. The molecule has 37 heavy (non-hydrogen) atoms. The number of hydrogen-bond donors (Lipinski definition) is 1. The number of carbonyl (C=O) groups is 2. The van der Waals surface area contributed by atoms with Gasteiger partial charge in [-0.2, -0.15) is 0 Å². The Morgan fingerprint density at radius 1 is 1.11 bits per heavy atom. The normalized spacial score (nSPS) is 27.9. The van der Waals surface area contributed by atoms with Gasteiger partial charge in [0.1, 0.15) is 24.4 Å². The molecule has 2 aromatic rings. The number of carbonyl (C=O) groups excluding carboxylic acids is 2. The Labute approximate surface area is 216 Å². The van der Waals surface area contributed by atoms with E-state index >= 15 is 0 Å². The molecule has 7 atom stereocenters. The molecule has 9 heteroatoms. The summed E-state index contributed by atoms with van der Waals surface area (Å²) in [6.45, 7) is 7.46. The molecule has 9 nitrogen and oxygen atoms in total. The molecule has 198 valence electrons. The van der Waals surface area contributed by atoms with Crippen LogP contribution in [0.4, 0.5) is 0 Å². The van der Waals surface area contributed by atoms with Crippen LogP contribution in [0.5, 0.6) is 0 Å². The number of ether oxygens (including phenoxy) is 6. The number of hydrogen-bond acceptors (Lipinski definition) is 8. The highest BCUT2D eigenvalue weighted by Gasteiger charge is 2.52. The van der Waals surface area contributed by atoms with Crippen LogP contribution in [-0.2, 0) is 44.6 Å². The maximum absolute atomic E-state index is 12.6. The quantitative estimate of drug-likeness (QED) is 0.384. The Bertz CT molecular complexity index is 1030. The van der Waals surface area contributed by atoms with E-state index in [1.54, 1.807) is 6.92 Å². The van der Waals surface area contributed by atoms with Crippen LogP contribution in [0.3, 0.4) is 0 Å². The molecular weight excluding hydrogens is 478 g/mol. The van der Waals surface area contributed by atoms with Crippen molar-refractivity contribution < 1.29 is 38.0 Å². The minimum absolute atomic E-state index is 0.185. The van der Waals surface area contributed by atoms with E-state index in [0.29, 0.717) is 0 Å². The zero-order valence-corrected chi connectivity index (χ0v) is 21.0. The predicted octanol–water partition coefficient (Wildman–Crippen LogP) is 3.05. The summed E-state index contributed by atoms with van der Waals surface area (Å²) in [5, 5.41) is 2.89. The molecule has 4 rings (SSSR count). The van der Waals surface area contributed by atoms with Crippen LogP contribution in [-0.4, -0.2) is 61.8 Å². The standard InChI is InChI=1S/C28H33NO8/c1-4-21(26(31)32-5-2)35-25-23(29-18(3)30)28(33-16-19-12-8-6-9-13-19)36-22-17-34-27(37-24(22)25)20-14-10-7-11-15-20/h4,6-15,21-25,27-28H,1,5,16-17H2,2-3H3,(H,29,30). The maximum Gasteiger partial charge on any atom is 0.339 e. The molecule has 0 radical (unpaired) electrons. The van der Waals surface area contributed by atoms with Crippen LogP contribution in [0.15, 0.2) is 73.3 Å². The van der Waals surface area contributed by atoms with E-state index in [0.717, 1.165) is 11.1 Å². The maximum atomic E-state index is 12.6. The van der Waals surface area contributed by atoms with Gasteiger partial charge in [-0.15, -0.1) is 0 Å². The van der Waals surface area contributed by atoms with E-state index in [4.69, 9.17) is 28.4 Å². The van der Waals surface area contributed by atoms with E-state index in [2.05, 4.69) is 11.9 Å². The van der Waals surface area contributed by atoms with E-state index in [1.807, 2.05) is 60.7 Å². The Morgan fingerprint density at radius 2 is 1.81 bits per heavy atom. The summed E-state index contributed by atoms with van der Waals surface area (Å²) in [7, 11) is 0. The van der Waals surface area contributed by atoms with Crippen molar-refractivity contribution in [2.45, 2.75) is 63.5 Å². The van der Waals surface area contributed by atoms with Crippen LogP contribution < -0.4 is 5.32 Å². The lowest BCUT2D eigenvalue weighted by molar-refractivity contribution is -0.351. The highest BCUT2D eigenvalue weighted by Crippen LogP contribution is 2.36. The molecule has 2 aromatic carbocycles. The van der Waals surface area contributed by atoms with Crippen LogP contribution in [0.2, 0.25) is 0 Å². The average molecular weight is 512 g/mol. The highest BCUT2D eigenvalue weighted by atomic mass is 16.8. The monoisotopic (exact) mass is 511 g/mol. The van der Waals surface area contributed by atoms with Gasteiger partial charge in [0.25, 0.3) is 0 Å². The summed E-state index contributed by atoms with van der Waals surface area (Å²) in [5.74, 6) is -0.901. The zero-order valence-electron chi connectivity index (χ0n) is 21.0. The van der Waals surface area contributed by atoms with Crippen molar-refractivity contribution in [1.82, 2.24) is 5.32 Å². The largest absolute Gasteiger partial charge is 0.464 e.